The van der Waals surface area contributed by atoms with Crippen LogP contribution in [0.3, 0.4) is 0 Å². The average Bonchev–Trinajstić information content (AvgIpc) is 2.55. The van der Waals surface area contributed by atoms with Crippen LogP contribution in [-0.4, -0.2) is 37.5 Å². The standard InChI is InChI=1S/C16H19N2O5P/c1-12(19)18(20)11-8-16(24(21,22)23)15-4-2-13(3-5-15)14-6-9-17-10-7-14/h2-7,9-10,16,20H,8,11H2,1H3,(H2,21,22,23). The van der Waals surface area contributed by atoms with Crippen molar-refractivity contribution in [3.05, 3.63) is 54.4 Å². The van der Waals surface area contributed by atoms with Gasteiger partial charge in [0.2, 0.25) is 5.91 Å². The Labute approximate surface area is 139 Å². The fraction of sp³-hybridized carbons (Fsp3) is 0.250. The van der Waals surface area contributed by atoms with E-state index in [0.717, 1.165) is 11.1 Å². The van der Waals surface area contributed by atoms with Crippen LogP contribution in [-0.2, 0) is 9.36 Å². The lowest BCUT2D eigenvalue weighted by Gasteiger charge is -2.21. The molecule has 1 heterocycles. The second kappa shape index (κ2) is 7.68. The van der Waals surface area contributed by atoms with Gasteiger partial charge >= 0.3 is 7.60 Å². The molecule has 0 aliphatic rings. The van der Waals surface area contributed by atoms with E-state index in [2.05, 4.69) is 4.98 Å². The molecule has 0 radical (unpaired) electrons. The lowest BCUT2D eigenvalue weighted by molar-refractivity contribution is -0.162. The molecule has 128 valence electrons. The molecule has 0 saturated heterocycles. The highest BCUT2D eigenvalue weighted by molar-refractivity contribution is 7.52. The minimum Gasteiger partial charge on any atom is -0.324 e. The van der Waals surface area contributed by atoms with Gasteiger partial charge in [-0.2, -0.15) is 0 Å². The summed E-state index contributed by atoms with van der Waals surface area (Å²) in [6.45, 7) is 1.02. The molecule has 1 amide bonds. The van der Waals surface area contributed by atoms with Gasteiger partial charge in [-0.1, -0.05) is 24.3 Å². The summed E-state index contributed by atoms with van der Waals surface area (Å²) in [5.74, 6) is -0.576. The third-order valence-corrected chi connectivity index (χ3v) is 5.06. The molecule has 2 rings (SSSR count). The van der Waals surface area contributed by atoms with Crippen molar-refractivity contribution in [2.45, 2.75) is 19.0 Å². The number of benzene rings is 1. The molecular weight excluding hydrogens is 331 g/mol. The molecule has 1 atom stereocenters. The van der Waals surface area contributed by atoms with E-state index < -0.39 is 19.2 Å². The van der Waals surface area contributed by atoms with Crippen molar-refractivity contribution in [2.75, 3.05) is 6.54 Å². The predicted molar refractivity (Wildman–Crippen MR) is 88.2 cm³/mol. The minimum atomic E-state index is -4.43. The molecule has 8 heteroatoms. The van der Waals surface area contributed by atoms with Gasteiger partial charge in [0.15, 0.2) is 0 Å². The summed E-state index contributed by atoms with van der Waals surface area (Å²) < 4.78 is 11.8. The van der Waals surface area contributed by atoms with Gasteiger partial charge in [-0.15, -0.1) is 0 Å². The van der Waals surface area contributed by atoms with Crippen molar-refractivity contribution in [3.63, 3.8) is 0 Å². The number of carbonyl (C=O) groups is 1. The topological polar surface area (TPSA) is 111 Å². The molecule has 0 fully saturated rings. The van der Waals surface area contributed by atoms with Crippen molar-refractivity contribution in [1.29, 1.82) is 0 Å². The number of aromatic nitrogens is 1. The molecule has 24 heavy (non-hydrogen) atoms. The zero-order valence-electron chi connectivity index (χ0n) is 13.1. The quantitative estimate of drug-likeness (QED) is 0.419. The van der Waals surface area contributed by atoms with Crippen LogP contribution in [0.25, 0.3) is 11.1 Å². The van der Waals surface area contributed by atoms with Gasteiger partial charge in [-0.3, -0.25) is 19.6 Å². The second-order valence-corrected chi connectivity index (χ2v) is 7.20. The first kappa shape index (κ1) is 18.3. The van der Waals surface area contributed by atoms with Gasteiger partial charge in [0.05, 0.1) is 5.66 Å². The zero-order valence-corrected chi connectivity index (χ0v) is 14.0. The molecule has 0 aliphatic carbocycles. The van der Waals surface area contributed by atoms with Crippen molar-refractivity contribution in [2.24, 2.45) is 0 Å². The predicted octanol–water partition coefficient (Wildman–Crippen LogP) is 2.60. The number of rotatable bonds is 6. The number of hydrogen-bond acceptors (Lipinski definition) is 4. The summed E-state index contributed by atoms with van der Waals surface area (Å²) in [6.07, 6.45) is 3.29. The number of carbonyl (C=O) groups excluding carboxylic acids is 1. The Kier molecular flexibility index (Phi) is 5.85. The van der Waals surface area contributed by atoms with Crippen LogP contribution in [0.1, 0.15) is 24.6 Å². The lowest BCUT2D eigenvalue weighted by Crippen LogP contribution is -2.26. The maximum Gasteiger partial charge on any atom is 0.333 e. The fourth-order valence-corrected chi connectivity index (χ4v) is 3.39. The highest BCUT2D eigenvalue weighted by Crippen LogP contribution is 2.53. The maximum absolute atomic E-state index is 11.8. The van der Waals surface area contributed by atoms with Gasteiger partial charge in [0, 0.05) is 25.9 Å². The highest BCUT2D eigenvalue weighted by Gasteiger charge is 2.30. The van der Waals surface area contributed by atoms with Crippen LogP contribution in [0.4, 0.5) is 0 Å². The number of amides is 1. The Morgan fingerprint density at radius 1 is 1.12 bits per heavy atom. The summed E-state index contributed by atoms with van der Waals surface area (Å²) in [6, 6.07) is 10.5. The lowest BCUT2D eigenvalue weighted by atomic mass is 10.0. The van der Waals surface area contributed by atoms with Gasteiger partial charge in [-0.25, -0.2) is 5.06 Å². The number of pyridine rings is 1. The van der Waals surface area contributed by atoms with Gasteiger partial charge in [-0.05, 0) is 35.2 Å². The van der Waals surface area contributed by atoms with E-state index >= 15 is 0 Å². The van der Waals surface area contributed by atoms with E-state index in [0.29, 0.717) is 10.6 Å². The van der Waals surface area contributed by atoms with E-state index in [4.69, 9.17) is 0 Å². The first-order chi connectivity index (χ1) is 11.3. The van der Waals surface area contributed by atoms with Crippen LogP contribution >= 0.6 is 7.60 Å². The fourth-order valence-electron chi connectivity index (χ4n) is 2.37. The van der Waals surface area contributed by atoms with Crippen molar-refractivity contribution in [3.8, 4) is 11.1 Å². The second-order valence-electron chi connectivity index (χ2n) is 5.39. The molecule has 1 unspecified atom stereocenters. The van der Waals surface area contributed by atoms with Gasteiger partial charge < -0.3 is 9.79 Å². The minimum absolute atomic E-state index is 0.0467. The third-order valence-electron chi connectivity index (χ3n) is 3.69. The Bertz CT molecular complexity index is 730. The van der Waals surface area contributed by atoms with Crippen LogP contribution in [0, 0.1) is 0 Å². The van der Waals surface area contributed by atoms with Gasteiger partial charge in [0.25, 0.3) is 0 Å². The molecule has 0 saturated carbocycles. The number of hydroxylamine groups is 2. The Balaban J connectivity index is 2.21. The first-order valence-electron chi connectivity index (χ1n) is 7.31. The SMILES string of the molecule is CC(=O)N(O)CCC(c1ccc(-c2ccncc2)cc1)P(=O)(O)O. The van der Waals surface area contributed by atoms with E-state index in [1.54, 1.807) is 36.7 Å². The van der Waals surface area contributed by atoms with E-state index in [1.165, 1.54) is 6.92 Å². The van der Waals surface area contributed by atoms with E-state index in [1.807, 2.05) is 12.1 Å². The van der Waals surface area contributed by atoms with Crippen LogP contribution in [0.5, 0.6) is 0 Å². The first-order valence-corrected chi connectivity index (χ1v) is 8.99. The number of nitrogens with zero attached hydrogens (tertiary/aromatic N) is 2. The average molecular weight is 350 g/mol. The summed E-state index contributed by atoms with van der Waals surface area (Å²) in [5.41, 5.74) is 1.22. The summed E-state index contributed by atoms with van der Waals surface area (Å²) in [4.78, 5) is 34.1. The van der Waals surface area contributed by atoms with E-state index in [9.17, 15) is 24.4 Å². The van der Waals surface area contributed by atoms with Crippen molar-refractivity contribution in [1.82, 2.24) is 10.0 Å². The molecule has 3 N–H and O–H groups in total. The van der Waals surface area contributed by atoms with Gasteiger partial charge in [0.1, 0.15) is 0 Å². The van der Waals surface area contributed by atoms with Crippen LogP contribution < -0.4 is 0 Å². The molecule has 7 nitrogen and oxygen atoms in total. The zero-order chi connectivity index (χ0) is 17.7. The molecule has 1 aromatic heterocycles. The normalized spacial score (nSPS) is 12.7. The highest BCUT2D eigenvalue weighted by atomic mass is 31.2. The molecule has 0 bridgehead atoms. The largest absolute Gasteiger partial charge is 0.333 e. The molecule has 2 aromatic rings. The Morgan fingerprint density at radius 2 is 1.67 bits per heavy atom. The third kappa shape index (κ3) is 4.72. The summed E-state index contributed by atoms with van der Waals surface area (Å²) >= 11 is 0. The number of hydrogen-bond donors (Lipinski definition) is 3. The van der Waals surface area contributed by atoms with E-state index in [-0.39, 0.29) is 13.0 Å². The summed E-state index contributed by atoms with van der Waals surface area (Å²) in [5, 5.41) is 9.86. The summed E-state index contributed by atoms with van der Waals surface area (Å²) in [7, 11) is -4.43. The molecule has 1 aromatic carbocycles. The molecule has 0 aliphatic heterocycles. The molecule has 0 spiro atoms. The van der Waals surface area contributed by atoms with Crippen molar-refractivity contribution >= 4 is 13.5 Å². The maximum atomic E-state index is 11.8. The van der Waals surface area contributed by atoms with Crippen LogP contribution in [0.15, 0.2) is 48.8 Å². The Hall–Kier alpha value is -2.05. The monoisotopic (exact) mass is 350 g/mol. The van der Waals surface area contributed by atoms with Crippen molar-refractivity contribution < 1.29 is 24.4 Å². The smallest absolute Gasteiger partial charge is 0.324 e. The van der Waals surface area contributed by atoms with Crippen LogP contribution in [0.2, 0.25) is 0 Å². The Morgan fingerprint density at radius 3 is 2.17 bits per heavy atom. The molecular formula is C16H19N2O5P.